The molecule has 5 heteroatoms. The maximum Gasteiger partial charge on any atom is 0.249 e. The number of carbonyl (C=O) groups is 1. The van der Waals surface area contributed by atoms with Crippen LogP contribution in [0, 0.1) is 0 Å². The van der Waals surface area contributed by atoms with Crippen LogP contribution in [0.3, 0.4) is 0 Å². The van der Waals surface area contributed by atoms with Crippen LogP contribution in [0.1, 0.15) is 296 Å². The average Bonchev–Trinajstić information content (AvgIpc) is 3.28. The Morgan fingerprint density at radius 1 is 0.403 bits per heavy atom. The zero-order valence-electron chi connectivity index (χ0n) is 41.8. The first-order chi connectivity index (χ1) is 30.6. The third-order valence-electron chi connectivity index (χ3n) is 13.0. The van der Waals surface area contributed by atoms with Gasteiger partial charge in [0.2, 0.25) is 5.91 Å². The third kappa shape index (κ3) is 46.6. The van der Waals surface area contributed by atoms with Gasteiger partial charge in [0, 0.05) is 0 Å². The van der Waals surface area contributed by atoms with Gasteiger partial charge in [0.1, 0.15) is 6.10 Å². The van der Waals surface area contributed by atoms with Crippen LogP contribution >= 0.6 is 0 Å². The molecule has 0 aromatic carbocycles. The van der Waals surface area contributed by atoms with E-state index >= 15 is 0 Å². The molecule has 0 saturated heterocycles. The molecule has 0 rings (SSSR count). The molecule has 0 aliphatic carbocycles. The summed E-state index contributed by atoms with van der Waals surface area (Å²) in [7, 11) is 0. The van der Waals surface area contributed by atoms with Crippen molar-refractivity contribution in [2.24, 2.45) is 0 Å². The molecule has 3 unspecified atom stereocenters. The predicted molar refractivity (Wildman–Crippen MR) is 273 cm³/mol. The molecule has 0 aliphatic rings. The molecule has 0 radical (unpaired) electrons. The summed E-state index contributed by atoms with van der Waals surface area (Å²) in [4.78, 5) is 12.5. The van der Waals surface area contributed by atoms with E-state index in [0.29, 0.717) is 6.42 Å². The number of rotatable bonds is 51. The second kappa shape index (κ2) is 52.2. The number of nitrogens with one attached hydrogen (secondary N) is 1. The maximum absolute atomic E-state index is 12.5. The monoisotopic (exact) mass is 872 g/mol. The summed E-state index contributed by atoms with van der Waals surface area (Å²) in [5.74, 6) is -0.501. The van der Waals surface area contributed by atoms with E-state index in [9.17, 15) is 20.1 Å². The van der Waals surface area contributed by atoms with E-state index < -0.39 is 24.2 Å². The fourth-order valence-electron chi connectivity index (χ4n) is 8.63. The van der Waals surface area contributed by atoms with Gasteiger partial charge in [-0.3, -0.25) is 4.79 Å². The number of hydrogen-bond donors (Lipinski definition) is 4. The van der Waals surface area contributed by atoms with Gasteiger partial charge < -0.3 is 20.6 Å². The Balaban J connectivity index is 3.51. The van der Waals surface area contributed by atoms with Crippen LogP contribution in [0.5, 0.6) is 0 Å². The van der Waals surface area contributed by atoms with Crippen LogP contribution < -0.4 is 5.32 Å². The largest absolute Gasteiger partial charge is 0.394 e. The quantitative estimate of drug-likeness (QED) is 0.0362. The zero-order valence-corrected chi connectivity index (χ0v) is 41.8. The highest BCUT2D eigenvalue weighted by Crippen LogP contribution is 2.17. The molecule has 62 heavy (non-hydrogen) atoms. The number of unbranched alkanes of at least 4 members (excludes halogenated alkanes) is 39. The van der Waals surface area contributed by atoms with Crippen LogP contribution in [0.15, 0.2) is 36.5 Å². The summed E-state index contributed by atoms with van der Waals surface area (Å²) >= 11 is 0. The molecule has 0 aromatic heterocycles. The van der Waals surface area contributed by atoms with Gasteiger partial charge in [0.05, 0.1) is 18.8 Å². The lowest BCUT2D eigenvalue weighted by Gasteiger charge is -2.21. The zero-order chi connectivity index (χ0) is 45.1. The Morgan fingerprint density at radius 3 is 1.02 bits per heavy atom. The van der Waals surface area contributed by atoms with E-state index in [4.69, 9.17) is 0 Å². The lowest BCUT2D eigenvalue weighted by Crippen LogP contribution is -2.48. The van der Waals surface area contributed by atoms with Crippen molar-refractivity contribution in [3.8, 4) is 0 Å². The van der Waals surface area contributed by atoms with Crippen molar-refractivity contribution >= 4 is 5.91 Å². The fourth-order valence-corrected chi connectivity index (χ4v) is 8.63. The highest BCUT2D eigenvalue weighted by atomic mass is 16.3. The van der Waals surface area contributed by atoms with Crippen LogP contribution in [-0.4, -0.2) is 46.1 Å². The Morgan fingerprint density at radius 2 is 0.694 bits per heavy atom. The van der Waals surface area contributed by atoms with Crippen LogP contribution in [0.2, 0.25) is 0 Å². The first-order valence-electron chi connectivity index (χ1n) is 27.8. The molecule has 0 bridgehead atoms. The molecular formula is C57H109NO4. The van der Waals surface area contributed by atoms with Crippen molar-refractivity contribution in [3.63, 3.8) is 0 Å². The molecular weight excluding hydrogens is 763 g/mol. The van der Waals surface area contributed by atoms with E-state index in [0.717, 1.165) is 38.5 Å². The standard InChI is InChI=1S/C57H109NO4/c1-3-5-7-9-11-13-15-17-19-20-21-22-23-24-25-26-27-28-29-30-31-32-33-34-35-36-37-38-40-42-44-46-48-50-52-56(61)57(62)58-54(53-59)55(60)51-49-47-45-43-41-39-18-16-14-12-10-8-6-4-2/h23-24,26-27,49,51,54-56,59-61H,3-22,25,28-48,50,52-53H2,1-2H3,(H,58,62)/b24-23-,27-26-,51-49+. The number of allylic oxidation sites excluding steroid dienone is 5. The van der Waals surface area contributed by atoms with Gasteiger partial charge in [-0.2, -0.15) is 0 Å². The number of amides is 1. The molecule has 4 N–H and O–H groups in total. The number of carbonyl (C=O) groups excluding carboxylic acids is 1. The van der Waals surface area contributed by atoms with Crippen LogP contribution in [-0.2, 0) is 4.79 Å². The predicted octanol–water partition coefficient (Wildman–Crippen LogP) is 17.1. The molecule has 0 heterocycles. The molecule has 0 saturated carbocycles. The minimum Gasteiger partial charge on any atom is -0.394 e. The van der Waals surface area contributed by atoms with E-state index in [2.05, 4.69) is 43.5 Å². The first-order valence-corrected chi connectivity index (χ1v) is 27.8. The van der Waals surface area contributed by atoms with Crippen molar-refractivity contribution in [1.29, 1.82) is 0 Å². The molecule has 1 amide bonds. The Hall–Kier alpha value is -1.43. The van der Waals surface area contributed by atoms with Gasteiger partial charge in [0.15, 0.2) is 0 Å². The second-order valence-corrected chi connectivity index (χ2v) is 19.1. The summed E-state index contributed by atoms with van der Waals surface area (Å²) in [6.07, 6.45) is 68.0. The maximum atomic E-state index is 12.5. The normalized spacial score (nSPS) is 13.6. The Kier molecular flexibility index (Phi) is 51.0. The summed E-state index contributed by atoms with van der Waals surface area (Å²) in [5.41, 5.74) is 0. The van der Waals surface area contributed by atoms with Crippen molar-refractivity contribution in [2.75, 3.05) is 6.61 Å². The van der Waals surface area contributed by atoms with E-state index in [1.165, 1.54) is 238 Å². The van der Waals surface area contributed by atoms with Crippen molar-refractivity contribution in [1.82, 2.24) is 5.32 Å². The van der Waals surface area contributed by atoms with Crippen LogP contribution in [0.4, 0.5) is 0 Å². The third-order valence-corrected chi connectivity index (χ3v) is 13.0. The second-order valence-electron chi connectivity index (χ2n) is 19.1. The van der Waals surface area contributed by atoms with E-state index in [1.807, 2.05) is 6.08 Å². The number of hydrogen-bond acceptors (Lipinski definition) is 4. The Labute approximate surface area is 387 Å². The molecule has 0 aliphatic heterocycles. The highest BCUT2D eigenvalue weighted by Gasteiger charge is 2.22. The summed E-state index contributed by atoms with van der Waals surface area (Å²) in [6, 6.07) is -0.796. The SMILES string of the molecule is CCCCCCCCCCCCC/C=C\C/C=C\CCCCCCCCCCCCCCCCCCC(O)C(=O)NC(CO)C(O)/C=C/CCCCCCCCCCCCCC. The van der Waals surface area contributed by atoms with Crippen molar-refractivity contribution in [2.45, 2.75) is 315 Å². The van der Waals surface area contributed by atoms with Crippen LogP contribution in [0.25, 0.3) is 0 Å². The molecule has 366 valence electrons. The van der Waals surface area contributed by atoms with Gasteiger partial charge in [-0.15, -0.1) is 0 Å². The van der Waals surface area contributed by atoms with E-state index in [-0.39, 0.29) is 6.61 Å². The summed E-state index contributed by atoms with van der Waals surface area (Å²) in [5, 5.41) is 33.3. The van der Waals surface area contributed by atoms with Gasteiger partial charge in [-0.1, -0.05) is 281 Å². The van der Waals surface area contributed by atoms with Gasteiger partial charge >= 0.3 is 0 Å². The fraction of sp³-hybridized carbons (Fsp3) is 0.877. The lowest BCUT2D eigenvalue weighted by molar-refractivity contribution is -0.131. The molecule has 5 nitrogen and oxygen atoms in total. The van der Waals surface area contributed by atoms with Gasteiger partial charge in [-0.25, -0.2) is 0 Å². The minimum absolute atomic E-state index is 0.362. The average molecular weight is 873 g/mol. The molecule has 0 fully saturated rings. The van der Waals surface area contributed by atoms with Gasteiger partial charge in [-0.05, 0) is 51.4 Å². The Bertz CT molecular complexity index is 962. The smallest absolute Gasteiger partial charge is 0.249 e. The molecule has 3 atom stereocenters. The highest BCUT2D eigenvalue weighted by molar-refractivity contribution is 5.80. The lowest BCUT2D eigenvalue weighted by atomic mass is 10.0. The topological polar surface area (TPSA) is 89.8 Å². The molecule has 0 aromatic rings. The summed E-state index contributed by atoms with van der Waals surface area (Å²) in [6.45, 7) is 4.20. The summed E-state index contributed by atoms with van der Waals surface area (Å²) < 4.78 is 0. The van der Waals surface area contributed by atoms with Gasteiger partial charge in [0.25, 0.3) is 0 Å². The van der Waals surface area contributed by atoms with Crippen molar-refractivity contribution in [3.05, 3.63) is 36.5 Å². The number of aliphatic hydroxyl groups excluding tert-OH is 3. The van der Waals surface area contributed by atoms with Crippen molar-refractivity contribution < 1.29 is 20.1 Å². The minimum atomic E-state index is -1.10. The first kappa shape index (κ1) is 60.6. The number of aliphatic hydroxyl groups is 3. The molecule has 0 spiro atoms. The van der Waals surface area contributed by atoms with E-state index in [1.54, 1.807) is 6.08 Å².